The highest BCUT2D eigenvalue weighted by Gasteiger charge is 2.06. The molecular weight excluding hydrogens is 244 g/mol. The Balaban J connectivity index is 1.95. The third kappa shape index (κ3) is 3.78. The minimum atomic E-state index is 0.660. The van der Waals surface area contributed by atoms with Gasteiger partial charge < -0.3 is 14.6 Å². The van der Waals surface area contributed by atoms with E-state index < -0.39 is 0 Å². The molecular formula is C12H20N6O. The summed E-state index contributed by atoms with van der Waals surface area (Å²) in [5.41, 5.74) is 0.994. The molecule has 2 aromatic heterocycles. The minimum Gasteiger partial charge on any atom is -0.383 e. The van der Waals surface area contributed by atoms with Crippen molar-refractivity contribution in [2.45, 2.75) is 19.9 Å². The van der Waals surface area contributed by atoms with Gasteiger partial charge in [0, 0.05) is 39.9 Å². The van der Waals surface area contributed by atoms with Crippen molar-refractivity contribution in [2.24, 2.45) is 7.05 Å². The molecule has 0 unspecified atom stereocenters. The standard InChI is InChI=1S/C12H20N6O/c1-10-8-18(12(15-10)13-5-7-19-3)6-4-11-14-9-17(2)16-11/h8-9H,4-7H2,1-3H3,(H,13,15). The van der Waals surface area contributed by atoms with Gasteiger partial charge >= 0.3 is 0 Å². The quantitative estimate of drug-likeness (QED) is 0.742. The Hall–Kier alpha value is -1.89. The first kappa shape index (κ1) is 13.5. The van der Waals surface area contributed by atoms with Crippen molar-refractivity contribution >= 4 is 5.95 Å². The molecule has 2 aromatic rings. The van der Waals surface area contributed by atoms with Gasteiger partial charge in [-0.2, -0.15) is 5.10 Å². The summed E-state index contributed by atoms with van der Waals surface area (Å²) in [7, 11) is 3.56. The van der Waals surface area contributed by atoms with Crippen LogP contribution in [0.2, 0.25) is 0 Å². The third-order valence-electron chi connectivity index (χ3n) is 2.71. The van der Waals surface area contributed by atoms with Gasteiger partial charge in [-0.15, -0.1) is 0 Å². The van der Waals surface area contributed by atoms with Crippen molar-refractivity contribution < 1.29 is 4.74 Å². The van der Waals surface area contributed by atoms with Crippen molar-refractivity contribution in [3.8, 4) is 0 Å². The van der Waals surface area contributed by atoms with E-state index in [1.807, 2.05) is 20.2 Å². The molecule has 2 heterocycles. The van der Waals surface area contributed by atoms with E-state index in [0.29, 0.717) is 6.61 Å². The molecule has 0 amide bonds. The van der Waals surface area contributed by atoms with Crippen molar-refractivity contribution in [1.29, 1.82) is 0 Å². The minimum absolute atomic E-state index is 0.660. The molecule has 0 spiro atoms. The molecule has 0 aliphatic heterocycles. The monoisotopic (exact) mass is 264 g/mol. The molecule has 0 saturated carbocycles. The number of nitrogens with one attached hydrogen (secondary N) is 1. The summed E-state index contributed by atoms with van der Waals surface area (Å²) < 4.78 is 8.82. The second-order valence-electron chi connectivity index (χ2n) is 4.40. The van der Waals surface area contributed by atoms with Gasteiger partial charge in [-0.25, -0.2) is 9.97 Å². The van der Waals surface area contributed by atoms with Crippen molar-refractivity contribution in [2.75, 3.05) is 25.6 Å². The number of ether oxygens (including phenoxy) is 1. The van der Waals surface area contributed by atoms with Crippen LogP contribution in [0.1, 0.15) is 11.5 Å². The van der Waals surface area contributed by atoms with Crippen molar-refractivity contribution in [3.05, 3.63) is 24.0 Å². The second kappa shape index (κ2) is 6.33. The molecule has 7 heteroatoms. The summed E-state index contributed by atoms with van der Waals surface area (Å²) in [5.74, 6) is 1.71. The maximum absolute atomic E-state index is 5.02. The van der Waals surface area contributed by atoms with Gasteiger partial charge in [0.15, 0.2) is 5.82 Å². The first-order valence-electron chi connectivity index (χ1n) is 6.30. The maximum atomic E-state index is 5.02. The molecule has 104 valence electrons. The molecule has 0 bridgehead atoms. The van der Waals surface area contributed by atoms with Crippen LogP contribution in [-0.2, 0) is 24.8 Å². The molecule has 0 radical (unpaired) electrons. The van der Waals surface area contributed by atoms with Gasteiger partial charge in [0.25, 0.3) is 0 Å². The molecule has 0 atom stereocenters. The van der Waals surface area contributed by atoms with Crippen LogP contribution in [0.4, 0.5) is 5.95 Å². The summed E-state index contributed by atoms with van der Waals surface area (Å²) in [6.45, 7) is 4.19. The van der Waals surface area contributed by atoms with Crippen LogP contribution in [0.5, 0.6) is 0 Å². The molecule has 19 heavy (non-hydrogen) atoms. The molecule has 0 fully saturated rings. The summed E-state index contributed by atoms with van der Waals surface area (Å²) in [4.78, 5) is 8.67. The van der Waals surface area contributed by atoms with E-state index in [4.69, 9.17) is 4.74 Å². The number of hydrogen-bond donors (Lipinski definition) is 1. The Morgan fingerprint density at radius 3 is 2.95 bits per heavy atom. The zero-order chi connectivity index (χ0) is 13.7. The summed E-state index contributed by atoms with van der Waals surface area (Å²) in [6.07, 6.45) is 4.53. The number of imidazole rings is 1. The lowest BCUT2D eigenvalue weighted by molar-refractivity contribution is 0.210. The van der Waals surface area contributed by atoms with Gasteiger partial charge in [-0.1, -0.05) is 0 Å². The predicted molar refractivity (Wildman–Crippen MR) is 72.0 cm³/mol. The first-order chi connectivity index (χ1) is 9.19. The third-order valence-corrected chi connectivity index (χ3v) is 2.71. The fraction of sp³-hybridized carbons (Fsp3) is 0.583. The number of rotatable bonds is 7. The molecule has 1 N–H and O–H groups in total. The van der Waals surface area contributed by atoms with Gasteiger partial charge in [0.2, 0.25) is 5.95 Å². The van der Waals surface area contributed by atoms with Crippen LogP contribution in [0.25, 0.3) is 0 Å². The number of methoxy groups -OCH3 is 1. The fourth-order valence-electron chi connectivity index (χ4n) is 1.84. The van der Waals surface area contributed by atoms with E-state index in [1.54, 1.807) is 18.1 Å². The van der Waals surface area contributed by atoms with E-state index in [-0.39, 0.29) is 0 Å². The summed E-state index contributed by atoms with van der Waals surface area (Å²) in [5, 5.41) is 7.53. The van der Waals surface area contributed by atoms with E-state index in [9.17, 15) is 0 Å². The van der Waals surface area contributed by atoms with Crippen LogP contribution in [0.3, 0.4) is 0 Å². The van der Waals surface area contributed by atoms with Gasteiger partial charge in [0.1, 0.15) is 6.33 Å². The van der Waals surface area contributed by atoms with Gasteiger partial charge in [-0.05, 0) is 6.92 Å². The average molecular weight is 264 g/mol. The van der Waals surface area contributed by atoms with E-state index in [2.05, 4.69) is 25.0 Å². The topological polar surface area (TPSA) is 69.8 Å². The zero-order valence-corrected chi connectivity index (χ0v) is 11.6. The van der Waals surface area contributed by atoms with E-state index >= 15 is 0 Å². The summed E-state index contributed by atoms with van der Waals surface area (Å²) >= 11 is 0. The lowest BCUT2D eigenvalue weighted by atomic mass is 10.4. The fourth-order valence-corrected chi connectivity index (χ4v) is 1.84. The van der Waals surface area contributed by atoms with E-state index in [0.717, 1.165) is 37.0 Å². The van der Waals surface area contributed by atoms with Crippen molar-refractivity contribution in [1.82, 2.24) is 24.3 Å². The highest BCUT2D eigenvalue weighted by molar-refractivity contribution is 5.28. The summed E-state index contributed by atoms with van der Waals surface area (Å²) in [6, 6.07) is 0. The molecule has 0 aromatic carbocycles. The van der Waals surface area contributed by atoms with Crippen LogP contribution in [0.15, 0.2) is 12.5 Å². The Labute approximate surface area is 112 Å². The molecule has 7 nitrogen and oxygen atoms in total. The Kier molecular flexibility index (Phi) is 4.51. The van der Waals surface area contributed by atoms with E-state index in [1.165, 1.54) is 0 Å². The van der Waals surface area contributed by atoms with Crippen LogP contribution in [0, 0.1) is 6.92 Å². The predicted octanol–water partition coefficient (Wildman–Crippen LogP) is 0.621. The lowest BCUT2D eigenvalue weighted by Crippen LogP contribution is -2.13. The van der Waals surface area contributed by atoms with Gasteiger partial charge in [-0.3, -0.25) is 4.68 Å². The largest absolute Gasteiger partial charge is 0.383 e. The molecule has 0 aliphatic rings. The second-order valence-corrected chi connectivity index (χ2v) is 4.40. The number of aromatic nitrogens is 5. The van der Waals surface area contributed by atoms with Crippen LogP contribution < -0.4 is 5.32 Å². The first-order valence-corrected chi connectivity index (χ1v) is 6.30. The van der Waals surface area contributed by atoms with Gasteiger partial charge in [0.05, 0.1) is 12.3 Å². The Morgan fingerprint density at radius 1 is 1.42 bits per heavy atom. The highest BCUT2D eigenvalue weighted by atomic mass is 16.5. The number of aryl methyl sites for hydroxylation is 4. The van der Waals surface area contributed by atoms with Crippen molar-refractivity contribution in [3.63, 3.8) is 0 Å². The SMILES string of the molecule is COCCNc1nc(C)cn1CCc1ncn(C)n1. The highest BCUT2D eigenvalue weighted by Crippen LogP contribution is 2.09. The molecule has 0 saturated heterocycles. The average Bonchev–Trinajstić information content (AvgIpc) is 2.94. The maximum Gasteiger partial charge on any atom is 0.203 e. The normalized spacial score (nSPS) is 10.9. The molecule has 2 rings (SSSR count). The Morgan fingerprint density at radius 2 is 2.26 bits per heavy atom. The Bertz CT molecular complexity index is 518. The van der Waals surface area contributed by atoms with Crippen LogP contribution in [-0.4, -0.2) is 44.6 Å². The number of hydrogen-bond acceptors (Lipinski definition) is 5. The zero-order valence-electron chi connectivity index (χ0n) is 11.6. The number of nitrogens with zero attached hydrogens (tertiary/aromatic N) is 5. The van der Waals surface area contributed by atoms with Crippen LogP contribution >= 0.6 is 0 Å². The lowest BCUT2D eigenvalue weighted by Gasteiger charge is -2.08. The number of anilines is 1. The molecule has 0 aliphatic carbocycles. The smallest absolute Gasteiger partial charge is 0.203 e.